The number of carbonyl (C=O) groups excluding carboxylic acids is 1. The average Bonchev–Trinajstić information content (AvgIpc) is 2.96. The molecule has 0 amide bonds. The van der Waals surface area contributed by atoms with E-state index in [0.29, 0.717) is 5.02 Å². The number of halogens is 1. The number of thiophene rings is 1. The molecule has 0 aliphatic rings. The van der Waals surface area contributed by atoms with E-state index in [-0.39, 0.29) is 6.54 Å². The second kappa shape index (κ2) is 4.72. The maximum atomic E-state index is 10.9. The number of carboxylic acids is 1. The van der Waals surface area contributed by atoms with Crippen molar-refractivity contribution in [1.29, 1.82) is 0 Å². The lowest BCUT2D eigenvalue weighted by Gasteiger charge is -2.10. The van der Waals surface area contributed by atoms with E-state index in [9.17, 15) is 9.90 Å². The van der Waals surface area contributed by atoms with Crippen molar-refractivity contribution in [2.75, 3.05) is 0 Å². The summed E-state index contributed by atoms with van der Waals surface area (Å²) in [4.78, 5) is 12.0. The fraction of sp³-hybridized carbons (Fsp3) is 0.0714. The molecule has 3 nitrogen and oxygen atoms in total. The van der Waals surface area contributed by atoms with Crippen molar-refractivity contribution in [3.05, 3.63) is 46.8 Å². The van der Waals surface area contributed by atoms with Gasteiger partial charge in [-0.1, -0.05) is 17.7 Å². The van der Waals surface area contributed by atoms with Gasteiger partial charge in [0.25, 0.3) is 0 Å². The smallest absolute Gasteiger partial charge is 0.0628 e. The molecule has 3 aromatic rings. The number of fused-ring (bicyclic) bond motifs is 1. The number of aliphatic carboxylic acids is 1. The molecule has 1 aromatic carbocycles. The zero-order valence-corrected chi connectivity index (χ0v) is 11.4. The van der Waals surface area contributed by atoms with E-state index in [1.807, 2.05) is 35.7 Å². The van der Waals surface area contributed by atoms with Crippen molar-refractivity contribution in [2.24, 2.45) is 0 Å². The number of benzene rings is 1. The Morgan fingerprint density at radius 2 is 2.16 bits per heavy atom. The second-order valence-electron chi connectivity index (χ2n) is 4.17. The van der Waals surface area contributed by atoms with Crippen molar-refractivity contribution in [3.8, 4) is 10.6 Å². The van der Waals surface area contributed by atoms with E-state index in [2.05, 4.69) is 0 Å². The summed E-state index contributed by atoms with van der Waals surface area (Å²) in [5.74, 6) is -1.11. The Morgan fingerprint density at radius 1 is 1.32 bits per heavy atom. The molecule has 96 valence electrons. The van der Waals surface area contributed by atoms with Gasteiger partial charge in [0.05, 0.1) is 23.1 Å². The summed E-state index contributed by atoms with van der Waals surface area (Å²) in [5.41, 5.74) is 1.72. The molecule has 2 heterocycles. The molecule has 0 aliphatic heterocycles. The third kappa shape index (κ3) is 2.25. The van der Waals surface area contributed by atoms with Gasteiger partial charge in [-0.2, -0.15) is 0 Å². The summed E-state index contributed by atoms with van der Waals surface area (Å²) in [5, 5.41) is 14.5. The van der Waals surface area contributed by atoms with Crippen LogP contribution in [0.4, 0.5) is 0 Å². The highest BCUT2D eigenvalue weighted by Gasteiger charge is 2.11. The molecule has 0 N–H and O–H groups in total. The van der Waals surface area contributed by atoms with E-state index < -0.39 is 5.97 Å². The Labute approximate surface area is 118 Å². The first-order valence-corrected chi connectivity index (χ1v) is 6.93. The molecule has 0 fully saturated rings. The molecule has 0 atom stereocenters. The molecule has 0 saturated heterocycles. The van der Waals surface area contributed by atoms with Gasteiger partial charge in [-0.3, -0.25) is 0 Å². The Balaban J connectivity index is 2.27. The van der Waals surface area contributed by atoms with Crippen molar-refractivity contribution in [2.45, 2.75) is 6.54 Å². The van der Waals surface area contributed by atoms with Crippen molar-refractivity contribution in [3.63, 3.8) is 0 Å². The highest BCUT2D eigenvalue weighted by molar-refractivity contribution is 7.13. The van der Waals surface area contributed by atoms with Gasteiger partial charge in [0.15, 0.2) is 0 Å². The minimum Gasteiger partial charge on any atom is -0.548 e. The Kier molecular flexibility index (Phi) is 3.05. The van der Waals surface area contributed by atoms with Crippen LogP contribution in [0.2, 0.25) is 5.02 Å². The van der Waals surface area contributed by atoms with E-state index in [0.717, 1.165) is 21.5 Å². The maximum Gasteiger partial charge on any atom is 0.0628 e. The molecule has 0 saturated carbocycles. The molecular formula is C14H9ClNO2S-. The fourth-order valence-electron chi connectivity index (χ4n) is 2.17. The van der Waals surface area contributed by atoms with Crippen LogP contribution in [0.5, 0.6) is 0 Å². The molecule has 0 spiro atoms. The van der Waals surface area contributed by atoms with Crippen LogP contribution in [0.3, 0.4) is 0 Å². The van der Waals surface area contributed by atoms with Crippen molar-refractivity contribution in [1.82, 2.24) is 4.57 Å². The van der Waals surface area contributed by atoms with Crippen LogP contribution in [0, 0.1) is 0 Å². The number of aromatic nitrogens is 1. The lowest BCUT2D eigenvalue weighted by Crippen LogP contribution is -2.27. The first-order chi connectivity index (χ1) is 9.15. The summed E-state index contributed by atoms with van der Waals surface area (Å²) in [6, 6.07) is 11.3. The summed E-state index contributed by atoms with van der Waals surface area (Å²) in [7, 11) is 0. The Morgan fingerprint density at radius 3 is 2.84 bits per heavy atom. The molecule has 0 aliphatic carbocycles. The molecule has 0 bridgehead atoms. The summed E-state index contributed by atoms with van der Waals surface area (Å²) < 4.78 is 1.74. The minimum atomic E-state index is -1.11. The van der Waals surface area contributed by atoms with Gasteiger partial charge >= 0.3 is 0 Å². The van der Waals surface area contributed by atoms with Crippen molar-refractivity contribution < 1.29 is 9.90 Å². The molecule has 19 heavy (non-hydrogen) atoms. The van der Waals surface area contributed by atoms with Gasteiger partial charge in [0.2, 0.25) is 0 Å². The number of nitrogens with zero attached hydrogens (tertiary/aromatic N) is 1. The van der Waals surface area contributed by atoms with Crippen LogP contribution >= 0.6 is 22.9 Å². The summed E-state index contributed by atoms with van der Waals surface area (Å²) in [6.45, 7) is -0.168. The maximum absolute atomic E-state index is 10.9. The largest absolute Gasteiger partial charge is 0.548 e. The first kappa shape index (κ1) is 12.3. The van der Waals surface area contributed by atoms with E-state index in [4.69, 9.17) is 11.6 Å². The Hall–Kier alpha value is -1.78. The summed E-state index contributed by atoms with van der Waals surface area (Å²) in [6.07, 6.45) is 0. The van der Waals surface area contributed by atoms with Crippen molar-refractivity contribution >= 4 is 39.8 Å². The molecule has 2 aromatic heterocycles. The number of carbonyl (C=O) groups is 1. The molecule has 0 unspecified atom stereocenters. The lowest BCUT2D eigenvalue weighted by molar-refractivity contribution is -0.306. The number of hydrogen-bond donors (Lipinski definition) is 0. The Bertz CT molecular complexity index is 746. The topological polar surface area (TPSA) is 45.1 Å². The zero-order valence-electron chi connectivity index (χ0n) is 9.80. The average molecular weight is 291 g/mol. The highest BCUT2D eigenvalue weighted by Crippen LogP contribution is 2.32. The molecule has 3 rings (SSSR count). The monoisotopic (exact) mass is 290 g/mol. The SMILES string of the molecule is O=C([O-])Cn1c(-c2cccs2)cc2cc(Cl)ccc21. The van der Waals surface area contributed by atoms with E-state index in [1.165, 1.54) is 0 Å². The number of hydrogen-bond acceptors (Lipinski definition) is 3. The van der Waals surface area contributed by atoms with Gasteiger partial charge in [-0.25, -0.2) is 0 Å². The van der Waals surface area contributed by atoms with Crippen LogP contribution < -0.4 is 5.11 Å². The minimum absolute atomic E-state index is 0.168. The lowest BCUT2D eigenvalue weighted by atomic mass is 10.2. The standard InChI is InChI=1S/C14H10ClNO2S/c15-10-3-4-11-9(6-10)7-12(13-2-1-5-19-13)16(11)8-14(17)18/h1-7H,8H2,(H,17,18)/p-1. The third-order valence-corrected chi connectivity index (χ3v) is 4.05. The van der Waals surface area contributed by atoms with Gasteiger partial charge < -0.3 is 14.5 Å². The third-order valence-electron chi connectivity index (χ3n) is 2.92. The number of carboxylic acid groups (broad SMARTS) is 1. The molecular weight excluding hydrogens is 282 g/mol. The quantitative estimate of drug-likeness (QED) is 0.744. The molecule has 5 heteroatoms. The van der Waals surface area contributed by atoms with Gasteiger partial charge in [-0.05, 0) is 35.7 Å². The normalized spacial score (nSPS) is 11.0. The number of rotatable bonds is 3. The molecule has 0 radical (unpaired) electrons. The van der Waals surface area contributed by atoms with Crippen LogP contribution in [-0.4, -0.2) is 10.5 Å². The first-order valence-electron chi connectivity index (χ1n) is 5.67. The van der Waals surface area contributed by atoms with Crippen LogP contribution in [0.1, 0.15) is 0 Å². The van der Waals surface area contributed by atoms with Crippen LogP contribution in [-0.2, 0) is 11.3 Å². The zero-order chi connectivity index (χ0) is 13.4. The van der Waals surface area contributed by atoms with E-state index in [1.54, 1.807) is 22.0 Å². The second-order valence-corrected chi connectivity index (χ2v) is 5.55. The van der Waals surface area contributed by atoms with Crippen LogP contribution in [0.15, 0.2) is 41.8 Å². The highest BCUT2D eigenvalue weighted by atomic mass is 35.5. The predicted molar refractivity (Wildman–Crippen MR) is 75.3 cm³/mol. The van der Waals surface area contributed by atoms with Gasteiger partial charge in [-0.15, -0.1) is 11.3 Å². The van der Waals surface area contributed by atoms with Gasteiger partial charge in [0.1, 0.15) is 0 Å². The predicted octanol–water partition coefficient (Wildman–Crippen LogP) is 2.77. The fourth-order valence-corrected chi connectivity index (χ4v) is 3.10. The van der Waals surface area contributed by atoms with Gasteiger partial charge in [0, 0.05) is 15.9 Å². The van der Waals surface area contributed by atoms with Crippen LogP contribution in [0.25, 0.3) is 21.5 Å². The summed E-state index contributed by atoms with van der Waals surface area (Å²) >= 11 is 7.55. The van der Waals surface area contributed by atoms with E-state index >= 15 is 0 Å².